The molecule has 0 saturated carbocycles. The van der Waals surface area contributed by atoms with E-state index in [9.17, 15) is 9.59 Å². The number of halogens is 1. The van der Waals surface area contributed by atoms with E-state index >= 15 is 0 Å². The Labute approximate surface area is 191 Å². The zero-order chi connectivity index (χ0) is 22.8. The largest absolute Gasteiger partial charge is 0.493 e. The van der Waals surface area contributed by atoms with Gasteiger partial charge in [0.05, 0.1) is 25.5 Å². The Bertz CT molecular complexity index is 1240. The maximum Gasteiger partial charge on any atom is 0.282 e. The predicted molar refractivity (Wildman–Crippen MR) is 125 cm³/mol. The van der Waals surface area contributed by atoms with Crippen LogP contribution in [0.3, 0.4) is 0 Å². The molecule has 0 radical (unpaired) electrons. The number of ether oxygens (including phenoxy) is 2. The molecule has 0 aliphatic carbocycles. The van der Waals surface area contributed by atoms with Gasteiger partial charge < -0.3 is 14.8 Å². The van der Waals surface area contributed by atoms with Gasteiger partial charge in [0.15, 0.2) is 11.5 Å². The molecule has 3 aromatic rings. The van der Waals surface area contributed by atoms with Crippen LogP contribution in [0.15, 0.2) is 72.4 Å². The van der Waals surface area contributed by atoms with Crippen molar-refractivity contribution < 1.29 is 19.1 Å². The summed E-state index contributed by atoms with van der Waals surface area (Å²) in [6.07, 6.45) is 0. The van der Waals surface area contributed by atoms with Crippen molar-refractivity contribution in [1.29, 1.82) is 0 Å². The summed E-state index contributed by atoms with van der Waals surface area (Å²) in [5.41, 5.74) is 2.77. The Kier molecular flexibility index (Phi) is 5.88. The molecular formula is C25H21ClN2O4. The number of hydrogen-bond donors (Lipinski definition) is 1. The first kappa shape index (κ1) is 21.5. The molecule has 0 spiro atoms. The second kappa shape index (κ2) is 8.77. The van der Waals surface area contributed by atoms with Crippen LogP contribution in [0.25, 0.3) is 5.57 Å². The van der Waals surface area contributed by atoms with Gasteiger partial charge in [-0.1, -0.05) is 48.0 Å². The van der Waals surface area contributed by atoms with Gasteiger partial charge in [-0.2, -0.15) is 0 Å². The monoisotopic (exact) mass is 448 g/mol. The van der Waals surface area contributed by atoms with Gasteiger partial charge >= 0.3 is 0 Å². The fourth-order valence-corrected chi connectivity index (χ4v) is 3.80. The lowest BCUT2D eigenvalue weighted by Crippen LogP contribution is -2.33. The summed E-state index contributed by atoms with van der Waals surface area (Å²) in [4.78, 5) is 28.2. The number of nitrogens with one attached hydrogen (secondary N) is 1. The van der Waals surface area contributed by atoms with E-state index in [1.54, 1.807) is 62.6 Å². The zero-order valence-electron chi connectivity index (χ0n) is 17.8. The summed E-state index contributed by atoms with van der Waals surface area (Å²) in [5, 5.41) is 3.61. The molecule has 7 heteroatoms. The number of anilines is 2. The highest BCUT2D eigenvalue weighted by molar-refractivity contribution is 6.46. The Morgan fingerprint density at radius 1 is 0.844 bits per heavy atom. The van der Waals surface area contributed by atoms with Crippen LogP contribution in [-0.2, 0) is 9.59 Å². The van der Waals surface area contributed by atoms with Crippen LogP contribution in [0.2, 0.25) is 5.02 Å². The highest BCUT2D eigenvalue weighted by atomic mass is 35.5. The highest BCUT2D eigenvalue weighted by Gasteiger charge is 2.41. The quantitative estimate of drug-likeness (QED) is 0.534. The first-order chi connectivity index (χ1) is 15.5. The SMILES string of the molecule is COc1ccc(NC2=C(c3ccccc3)C(=O)N(c3cccc(Cl)c3C)C2=O)cc1OC. The van der Waals surface area contributed by atoms with E-state index in [0.29, 0.717) is 39.0 Å². The van der Waals surface area contributed by atoms with Crippen LogP contribution in [-0.4, -0.2) is 26.0 Å². The standard InChI is InChI=1S/C25H21ClN2O4/c1-15-18(26)10-7-11-19(15)28-24(29)22(16-8-5-4-6-9-16)23(25(28)30)27-17-12-13-20(31-2)21(14-17)32-3/h4-14,27H,1-3H3. The minimum Gasteiger partial charge on any atom is -0.493 e. The number of amides is 2. The molecule has 0 bridgehead atoms. The maximum atomic E-state index is 13.5. The second-order valence-corrected chi connectivity index (χ2v) is 7.55. The lowest BCUT2D eigenvalue weighted by Gasteiger charge is -2.18. The van der Waals surface area contributed by atoms with Crippen LogP contribution in [0.4, 0.5) is 11.4 Å². The van der Waals surface area contributed by atoms with E-state index in [2.05, 4.69) is 5.32 Å². The predicted octanol–water partition coefficient (Wildman–Crippen LogP) is 5.06. The fourth-order valence-electron chi connectivity index (χ4n) is 3.63. The molecular weight excluding hydrogens is 428 g/mol. The van der Waals surface area contributed by atoms with Crippen LogP contribution in [0, 0.1) is 6.92 Å². The van der Waals surface area contributed by atoms with Gasteiger partial charge in [-0.05, 0) is 42.3 Å². The minimum absolute atomic E-state index is 0.174. The third-order valence-electron chi connectivity index (χ3n) is 5.28. The molecule has 1 heterocycles. The Morgan fingerprint density at radius 2 is 1.56 bits per heavy atom. The van der Waals surface area contributed by atoms with Crippen LogP contribution in [0.5, 0.6) is 11.5 Å². The molecule has 32 heavy (non-hydrogen) atoms. The number of benzene rings is 3. The normalized spacial score (nSPS) is 13.6. The third kappa shape index (κ3) is 3.69. The first-order valence-electron chi connectivity index (χ1n) is 9.89. The van der Waals surface area contributed by atoms with Crippen molar-refractivity contribution in [3.63, 3.8) is 0 Å². The molecule has 3 aromatic carbocycles. The van der Waals surface area contributed by atoms with Crippen molar-refractivity contribution >= 4 is 40.4 Å². The van der Waals surface area contributed by atoms with E-state index in [1.807, 2.05) is 18.2 Å². The molecule has 6 nitrogen and oxygen atoms in total. The number of carbonyl (C=O) groups excluding carboxylic acids is 2. The lowest BCUT2D eigenvalue weighted by molar-refractivity contribution is -0.120. The molecule has 2 amide bonds. The number of carbonyl (C=O) groups is 2. The molecule has 4 rings (SSSR count). The summed E-state index contributed by atoms with van der Waals surface area (Å²) in [5.74, 6) is 0.169. The number of hydrogen-bond acceptors (Lipinski definition) is 5. The number of methoxy groups -OCH3 is 2. The smallest absolute Gasteiger partial charge is 0.282 e. The Morgan fingerprint density at radius 3 is 2.25 bits per heavy atom. The van der Waals surface area contributed by atoms with Gasteiger partial charge in [0.25, 0.3) is 11.8 Å². The summed E-state index contributed by atoms with van der Waals surface area (Å²) in [7, 11) is 3.08. The number of rotatable bonds is 6. The van der Waals surface area contributed by atoms with Crippen LogP contribution >= 0.6 is 11.6 Å². The van der Waals surface area contributed by atoms with Gasteiger partial charge in [-0.25, -0.2) is 4.90 Å². The van der Waals surface area contributed by atoms with Crippen LogP contribution in [0.1, 0.15) is 11.1 Å². The van der Waals surface area contributed by atoms with Gasteiger partial charge in [0.1, 0.15) is 5.70 Å². The van der Waals surface area contributed by atoms with Gasteiger partial charge in [0, 0.05) is 16.8 Å². The summed E-state index contributed by atoms with van der Waals surface area (Å²) in [6.45, 7) is 1.78. The highest BCUT2D eigenvalue weighted by Crippen LogP contribution is 2.37. The number of nitrogens with zero attached hydrogens (tertiary/aromatic N) is 1. The van der Waals surface area contributed by atoms with Gasteiger partial charge in [0.2, 0.25) is 0 Å². The molecule has 0 aromatic heterocycles. The average molecular weight is 449 g/mol. The summed E-state index contributed by atoms with van der Waals surface area (Å²) in [6, 6.07) is 19.4. The van der Waals surface area contributed by atoms with Crippen molar-refractivity contribution in [3.8, 4) is 11.5 Å². The topological polar surface area (TPSA) is 67.9 Å². The molecule has 0 atom stereocenters. The van der Waals surface area contributed by atoms with Gasteiger partial charge in [-0.15, -0.1) is 0 Å². The molecule has 1 aliphatic heterocycles. The maximum absolute atomic E-state index is 13.5. The van der Waals surface area contributed by atoms with Crippen molar-refractivity contribution in [1.82, 2.24) is 0 Å². The molecule has 162 valence electrons. The molecule has 0 saturated heterocycles. The summed E-state index contributed by atoms with van der Waals surface area (Å²) < 4.78 is 10.6. The van der Waals surface area contributed by atoms with E-state index in [0.717, 1.165) is 4.90 Å². The van der Waals surface area contributed by atoms with E-state index < -0.39 is 11.8 Å². The fraction of sp³-hybridized carbons (Fsp3) is 0.120. The van der Waals surface area contributed by atoms with E-state index in [4.69, 9.17) is 21.1 Å². The first-order valence-corrected chi connectivity index (χ1v) is 10.3. The van der Waals surface area contributed by atoms with Crippen molar-refractivity contribution in [3.05, 3.63) is 88.6 Å². The number of imide groups is 1. The molecule has 0 fully saturated rings. The molecule has 1 N–H and O–H groups in total. The van der Waals surface area contributed by atoms with E-state index in [1.165, 1.54) is 7.11 Å². The Balaban J connectivity index is 1.83. The Hall–Kier alpha value is -3.77. The molecule has 0 unspecified atom stereocenters. The van der Waals surface area contributed by atoms with E-state index in [-0.39, 0.29) is 11.3 Å². The van der Waals surface area contributed by atoms with Crippen molar-refractivity contribution in [2.75, 3.05) is 24.4 Å². The second-order valence-electron chi connectivity index (χ2n) is 7.14. The lowest BCUT2D eigenvalue weighted by atomic mass is 10.0. The van der Waals surface area contributed by atoms with Crippen molar-refractivity contribution in [2.45, 2.75) is 6.92 Å². The molecule has 1 aliphatic rings. The summed E-state index contributed by atoms with van der Waals surface area (Å²) >= 11 is 6.26. The minimum atomic E-state index is -0.464. The van der Waals surface area contributed by atoms with Crippen molar-refractivity contribution in [2.24, 2.45) is 0 Å². The average Bonchev–Trinajstić information content (AvgIpc) is 3.05. The van der Waals surface area contributed by atoms with Crippen LogP contribution < -0.4 is 19.7 Å². The zero-order valence-corrected chi connectivity index (χ0v) is 18.6. The third-order valence-corrected chi connectivity index (χ3v) is 5.69. The van der Waals surface area contributed by atoms with Gasteiger partial charge in [-0.3, -0.25) is 9.59 Å².